The molecule has 0 bridgehead atoms. The van der Waals surface area contributed by atoms with Crippen molar-refractivity contribution >= 4 is 11.9 Å². The molecule has 0 saturated heterocycles. The number of anilines is 1. The molecule has 72 valence electrons. The van der Waals surface area contributed by atoms with E-state index in [1.54, 1.807) is 13.0 Å². The van der Waals surface area contributed by atoms with Crippen LogP contribution in [-0.4, -0.2) is 26.5 Å². The smallest absolute Gasteiger partial charge is 0.270 e. The number of tetrazole rings is 1. The van der Waals surface area contributed by atoms with Crippen LogP contribution in [-0.2, 0) is 0 Å². The maximum absolute atomic E-state index is 11.5. The van der Waals surface area contributed by atoms with E-state index in [4.69, 9.17) is 4.42 Å². The first-order valence-corrected chi connectivity index (χ1v) is 3.86. The van der Waals surface area contributed by atoms with E-state index in [9.17, 15) is 4.79 Å². The minimum atomic E-state index is -0.322. The largest absolute Gasteiger partial charge is 0.469 e. The number of aromatic nitrogens is 4. The van der Waals surface area contributed by atoms with Gasteiger partial charge in [-0.3, -0.25) is 10.1 Å². The molecule has 0 radical (unpaired) electrons. The monoisotopic (exact) mass is 193 g/mol. The molecule has 7 heteroatoms. The van der Waals surface area contributed by atoms with Gasteiger partial charge in [0.1, 0.15) is 5.76 Å². The number of aryl methyl sites for hydroxylation is 1. The first-order chi connectivity index (χ1) is 6.77. The summed E-state index contributed by atoms with van der Waals surface area (Å²) in [7, 11) is 0. The minimum absolute atomic E-state index is 0.135. The van der Waals surface area contributed by atoms with Crippen LogP contribution in [0.25, 0.3) is 0 Å². The summed E-state index contributed by atoms with van der Waals surface area (Å²) < 4.78 is 4.98. The fourth-order valence-electron chi connectivity index (χ4n) is 1.00. The van der Waals surface area contributed by atoms with Crippen molar-refractivity contribution in [2.75, 3.05) is 5.32 Å². The van der Waals surface area contributed by atoms with Gasteiger partial charge in [0.2, 0.25) is 0 Å². The zero-order valence-electron chi connectivity index (χ0n) is 7.31. The molecule has 7 nitrogen and oxygen atoms in total. The zero-order valence-corrected chi connectivity index (χ0v) is 7.31. The number of hydrogen-bond acceptors (Lipinski definition) is 5. The number of rotatable bonds is 2. The number of hydrogen-bond donors (Lipinski definition) is 2. The number of nitrogens with one attached hydrogen (secondary N) is 2. The summed E-state index contributed by atoms with van der Waals surface area (Å²) in [5.41, 5.74) is 0.454. The fraction of sp³-hybridized carbons (Fsp3) is 0.143. The van der Waals surface area contributed by atoms with E-state index in [1.165, 1.54) is 6.26 Å². The average molecular weight is 193 g/mol. The topological polar surface area (TPSA) is 96.7 Å². The van der Waals surface area contributed by atoms with E-state index < -0.39 is 0 Å². The maximum Gasteiger partial charge on any atom is 0.270 e. The Labute approximate surface area is 78.5 Å². The summed E-state index contributed by atoms with van der Waals surface area (Å²) in [4.78, 5) is 11.5. The molecular formula is C7H7N5O2. The molecule has 1 amide bonds. The number of carbonyl (C=O) groups is 1. The van der Waals surface area contributed by atoms with Crippen LogP contribution in [0.15, 0.2) is 16.7 Å². The normalized spacial score (nSPS) is 10.1. The van der Waals surface area contributed by atoms with Gasteiger partial charge in [-0.1, -0.05) is 5.10 Å². The average Bonchev–Trinajstić information content (AvgIpc) is 2.75. The number of nitrogens with zero attached hydrogens (tertiary/aromatic N) is 3. The fourth-order valence-corrected chi connectivity index (χ4v) is 1.00. The van der Waals surface area contributed by atoms with Crippen LogP contribution in [0.5, 0.6) is 0 Å². The van der Waals surface area contributed by atoms with E-state index in [0.29, 0.717) is 11.3 Å². The molecule has 14 heavy (non-hydrogen) atoms. The molecular weight excluding hydrogens is 186 g/mol. The molecule has 2 heterocycles. The summed E-state index contributed by atoms with van der Waals surface area (Å²) >= 11 is 0. The van der Waals surface area contributed by atoms with E-state index in [1.807, 2.05) is 0 Å². The number of furan rings is 1. The van der Waals surface area contributed by atoms with Gasteiger partial charge in [0.15, 0.2) is 0 Å². The quantitative estimate of drug-likeness (QED) is 0.717. The summed E-state index contributed by atoms with van der Waals surface area (Å²) in [6, 6.07) is 1.57. The lowest BCUT2D eigenvalue weighted by molar-refractivity contribution is 0.102. The SMILES string of the molecule is Cc1occc1C(=O)Nc1nn[nH]n1. The van der Waals surface area contributed by atoms with Crippen molar-refractivity contribution in [3.05, 3.63) is 23.7 Å². The van der Waals surface area contributed by atoms with Gasteiger partial charge in [0.05, 0.1) is 11.8 Å². The first-order valence-electron chi connectivity index (χ1n) is 3.86. The molecule has 0 aliphatic carbocycles. The lowest BCUT2D eigenvalue weighted by atomic mass is 10.2. The Morgan fingerprint density at radius 3 is 3.07 bits per heavy atom. The van der Waals surface area contributed by atoms with Gasteiger partial charge < -0.3 is 4.42 Å². The van der Waals surface area contributed by atoms with Crippen LogP contribution in [0.4, 0.5) is 5.95 Å². The standard InChI is InChI=1S/C7H7N5O2/c1-4-5(2-3-14-4)6(13)8-7-9-11-12-10-7/h2-3H,1H3,(H2,8,9,10,11,12,13). The number of H-pyrrole nitrogens is 1. The highest BCUT2D eigenvalue weighted by Gasteiger charge is 2.12. The second-order valence-electron chi connectivity index (χ2n) is 2.58. The Hall–Kier alpha value is -2.18. The molecule has 0 aliphatic rings. The highest BCUT2D eigenvalue weighted by molar-refractivity contribution is 6.03. The summed E-state index contributed by atoms with van der Waals surface area (Å²) in [5, 5.41) is 15.2. The second-order valence-corrected chi connectivity index (χ2v) is 2.58. The summed E-state index contributed by atoms with van der Waals surface area (Å²) in [5.74, 6) is 0.360. The number of aromatic amines is 1. The molecule has 2 aromatic rings. The van der Waals surface area contributed by atoms with Crippen molar-refractivity contribution in [3.63, 3.8) is 0 Å². The Balaban J connectivity index is 2.14. The first kappa shape index (κ1) is 8.42. The zero-order chi connectivity index (χ0) is 9.97. The molecule has 0 spiro atoms. The molecule has 0 aliphatic heterocycles. The maximum atomic E-state index is 11.5. The van der Waals surface area contributed by atoms with Gasteiger partial charge in [-0.25, -0.2) is 0 Å². The van der Waals surface area contributed by atoms with Gasteiger partial charge >= 0.3 is 0 Å². The van der Waals surface area contributed by atoms with Crippen molar-refractivity contribution in [3.8, 4) is 0 Å². The van der Waals surface area contributed by atoms with E-state index >= 15 is 0 Å². The molecule has 0 atom stereocenters. The van der Waals surface area contributed by atoms with Crippen LogP contribution in [0.1, 0.15) is 16.1 Å². The van der Waals surface area contributed by atoms with Gasteiger partial charge in [0, 0.05) is 0 Å². The van der Waals surface area contributed by atoms with Crippen molar-refractivity contribution in [2.24, 2.45) is 0 Å². The lowest BCUT2D eigenvalue weighted by Gasteiger charge is -1.96. The highest BCUT2D eigenvalue weighted by Crippen LogP contribution is 2.09. The Kier molecular flexibility index (Phi) is 1.98. The number of carbonyl (C=O) groups excluding carboxylic acids is 1. The Morgan fingerprint density at radius 2 is 2.50 bits per heavy atom. The lowest BCUT2D eigenvalue weighted by Crippen LogP contribution is -2.13. The third-order valence-corrected chi connectivity index (χ3v) is 1.67. The molecule has 2 rings (SSSR count). The molecule has 0 saturated carbocycles. The minimum Gasteiger partial charge on any atom is -0.469 e. The Bertz CT molecular complexity index is 433. The third-order valence-electron chi connectivity index (χ3n) is 1.67. The van der Waals surface area contributed by atoms with Crippen LogP contribution in [0, 0.1) is 6.92 Å². The van der Waals surface area contributed by atoms with Gasteiger partial charge in [-0.15, -0.1) is 5.10 Å². The van der Waals surface area contributed by atoms with Crippen molar-refractivity contribution in [1.82, 2.24) is 20.6 Å². The molecule has 0 unspecified atom stereocenters. The third kappa shape index (κ3) is 1.47. The van der Waals surface area contributed by atoms with Crippen LogP contribution >= 0.6 is 0 Å². The van der Waals surface area contributed by atoms with Gasteiger partial charge in [-0.05, 0) is 18.2 Å². The molecule has 0 fully saturated rings. The van der Waals surface area contributed by atoms with Crippen LogP contribution < -0.4 is 5.32 Å². The highest BCUT2D eigenvalue weighted by atomic mass is 16.3. The van der Waals surface area contributed by atoms with Crippen molar-refractivity contribution in [2.45, 2.75) is 6.92 Å². The molecule has 0 aromatic carbocycles. The summed E-state index contributed by atoms with van der Waals surface area (Å²) in [6.07, 6.45) is 1.44. The summed E-state index contributed by atoms with van der Waals surface area (Å²) in [6.45, 7) is 1.70. The molecule has 2 aromatic heterocycles. The van der Waals surface area contributed by atoms with Crippen molar-refractivity contribution < 1.29 is 9.21 Å². The van der Waals surface area contributed by atoms with Crippen molar-refractivity contribution in [1.29, 1.82) is 0 Å². The van der Waals surface area contributed by atoms with Crippen LogP contribution in [0.2, 0.25) is 0 Å². The predicted molar refractivity (Wildman–Crippen MR) is 45.6 cm³/mol. The number of amides is 1. The van der Waals surface area contributed by atoms with Crippen LogP contribution in [0.3, 0.4) is 0 Å². The second kappa shape index (κ2) is 3.29. The van der Waals surface area contributed by atoms with E-state index in [2.05, 4.69) is 25.9 Å². The molecule has 2 N–H and O–H groups in total. The van der Waals surface area contributed by atoms with E-state index in [0.717, 1.165) is 0 Å². The van der Waals surface area contributed by atoms with Gasteiger partial charge in [0.25, 0.3) is 11.9 Å². The Morgan fingerprint density at radius 1 is 1.64 bits per heavy atom. The van der Waals surface area contributed by atoms with E-state index in [-0.39, 0.29) is 11.9 Å². The predicted octanol–water partition coefficient (Wildman–Crippen LogP) is 0.353. The van der Waals surface area contributed by atoms with Gasteiger partial charge in [-0.2, -0.15) is 5.21 Å².